The molecule has 0 aliphatic heterocycles. The fourth-order valence-corrected chi connectivity index (χ4v) is 3.75. The molecule has 0 bridgehead atoms. The molecule has 2 amide bonds. The molecule has 0 fully saturated rings. The normalized spacial score (nSPS) is 11.9. The van der Waals surface area contributed by atoms with E-state index in [4.69, 9.17) is 11.6 Å². The van der Waals surface area contributed by atoms with Gasteiger partial charge in [0, 0.05) is 30.1 Å². The monoisotopic (exact) mass is 496 g/mol. The van der Waals surface area contributed by atoms with Crippen LogP contribution in [0, 0.1) is 0 Å². The van der Waals surface area contributed by atoms with Gasteiger partial charge in [-0.25, -0.2) is 18.4 Å². The van der Waals surface area contributed by atoms with Crippen molar-refractivity contribution in [2.24, 2.45) is 0 Å². The van der Waals surface area contributed by atoms with Gasteiger partial charge in [-0.05, 0) is 37.3 Å². The summed E-state index contributed by atoms with van der Waals surface area (Å²) in [7, 11) is -2.01. The zero-order valence-electron chi connectivity index (χ0n) is 17.3. The second-order valence-corrected chi connectivity index (χ2v) is 9.11. The molecule has 2 aromatic heterocycles. The molecule has 0 aliphatic rings. The van der Waals surface area contributed by atoms with Crippen LogP contribution in [0.5, 0.6) is 0 Å². The lowest BCUT2D eigenvalue weighted by atomic mass is 10.2. The van der Waals surface area contributed by atoms with Crippen LogP contribution in [-0.2, 0) is 9.84 Å². The van der Waals surface area contributed by atoms with Gasteiger partial charge >= 0.3 is 0 Å². The number of sulfone groups is 1. The number of nitrogens with zero attached hydrogens (tertiary/aromatic N) is 4. The van der Waals surface area contributed by atoms with Crippen molar-refractivity contribution in [2.75, 3.05) is 13.3 Å². The van der Waals surface area contributed by atoms with Gasteiger partial charge in [-0.3, -0.25) is 9.59 Å². The highest BCUT2D eigenvalue weighted by molar-refractivity contribution is 7.90. The maximum absolute atomic E-state index is 12.7. The summed E-state index contributed by atoms with van der Waals surface area (Å²) < 4.78 is 25.1. The van der Waals surface area contributed by atoms with Crippen LogP contribution in [0.3, 0.4) is 0 Å². The van der Waals surface area contributed by atoms with Crippen molar-refractivity contribution in [1.29, 1.82) is 0 Å². The number of hydrogen-bond acceptors (Lipinski definition) is 7. The highest BCUT2D eigenvalue weighted by Gasteiger charge is 2.20. The highest BCUT2D eigenvalue weighted by atomic mass is 35.5. The average molecular weight is 497 g/mol. The van der Waals surface area contributed by atoms with Gasteiger partial charge in [0.1, 0.15) is 6.33 Å². The van der Waals surface area contributed by atoms with Crippen molar-refractivity contribution in [3.8, 4) is 5.82 Å². The maximum atomic E-state index is 12.7. The number of carbonyl (C=O) groups excluding carboxylic acids is 2. The van der Waals surface area contributed by atoms with E-state index in [0.717, 1.165) is 6.26 Å². The Hall–Kier alpha value is -2.96. The van der Waals surface area contributed by atoms with Gasteiger partial charge in [-0.1, -0.05) is 11.6 Å². The van der Waals surface area contributed by atoms with Gasteiger partial charge < -0.3 is 10.6 Å². The van der Waals surface area contributed by atoms with Crippen molar-refractivity contribution >= 4 is 46.7 Å². The number of amides is 2. The molecule has 0 aliphatic carbocycles. The number of benzene rings is 1. The molecular formula is C19H21ClN6O4S2. The van der Waals surface area contributed by atoms with E-state index in [9.17, 15) is 18.0 Å². The van der Waals surface area contributed by atoms with Crippen LogP contribution >= 0.6 is 25.1 Å². The predicted octanol–water partition coefficient (Wildman–Crippen LogP) is 1.68. The summed E-state index contributed by atoms with van der Waals surface area (Å²) in [5.41, 5.74) is 0.482. The molecule has 2 heterocycles. The van der Waals surface area contributed by atoms with Crippen molar-refractivity contribution in [2.45, 2.75) is 17.9 Å². The molecule has 1 atom stereocenters. The number of pyridine rings is 1. The summed E-state index contributed by atoms with van der Waals surface area (Å²) in [6.45, 7) is 1.69. The number of halogens is 1. The number of carbonyl (C=O) groups is 2. The molecular weight excluding hydrogens is 476 g/mol. The van der Waals surface area contributed by atoms with Gasteiger partial charge in [-0.2, -0.15) is 23.3 Å². The molecule has 10 nitrogen and oxygen atoms in total. The second kappa shape index (κ2) is 10.1. The summed E-state index contributed by atoms with van der Waals surface area (Å²) in [4.78, 5) is 32.7. The molecule has 13 heteroatoms. The third kappa shape index (κ3) is 5.64. The zero-order valence-corrected chi connectivity index (χ0v) is 19.9. The SMILES string of the molecule is CNC(=O)c1ccc(-n2ncnc2[C@@H](C)NC(=O)c2cc(Cl)cc(S(C)(=O)=O)c2)nc1.S. The van der Waals surface area contributed by atoms with Gasteiger partial charge in [0.25, 0.3) is 11.8 Å². The average Bonchev–Trinajstić information content (AvgIpc) is 3.22. The third-order valence-corrected chi connectivity index (χ3v) is 5.64. The van der Waals surface area contributed by atoms with Crippen molar-refractivity contribution in [3.05, 3.63) is 64.8 Å². The minimum absolute atomic E-state index is 0. The molecule has 32 heavy (non-hydrogen) atoms. The Labute approximate surface area is 196 Å². The topological polar surface area (TPSA) is 136 Å². The smallest absolute Gasteiger partial charge is 0.252 e. The fraction of sp³-hybridized carbons (Fsp3) is 0.211. The minimum atomic E-state index is -3.54. The lowest BCUT2D eigenvalue weighted by Gasteiger charge is -2.15. The quantitative estimate of drug-likeness (QED) is 0.529. The molecule has 0 unspecified atom stereocenters. The number of rotatable bonds is 6. The second-order valence-electron chi connectivity index (χ2n) is 6.66. The fourth-order valence-electron chi connectivity index (χ4n) is 2.76. The Balaban J connectivity index is 0.00000363. The van der Waals surface area contributed by atoms with Crippen LogP contribution in [0.4, 0.5) is 0 Å². The summed E-state index contributed by atoms with van der Waals surface area (Å²) in [5.74, 6) is -0.00636. The Morgan fingerprint density at radius 2 is 1.81 bits per heavy atom. The van der Waals surface area contributed by atoms with Gasteiger partial charge in [0.15, 0.2) is 21.5 Å². The summed E-state index contributed by atoms with van der Waals surface area (Å²) in [6.07, 6.45) is 3.75. The van der Waals surface area contributed by atoms with E-state index in [1.165, 1.54) is 42.5 Å². The zero-order chi connectivity index (χ0) is 22.8. The summed E-state index contributed by atoms with van der Waals surface area (Å²) in [5, 5.41) is 9.52. The van der Waals surface area contributed by atoms with Gasteiger partial charge in [0.05, 0.1) is 16.5 Å². The van der Waals surface area contributed by atoms with E-state index in [1.807, 2.05) is 0 Å². The lowest BCUT2D eigenvalue weighted by molar-refractivity contribution is 0.0935. The highest BCUT2D eigenvalue weighted by Crippen LogP contribution is 2.20. The van der Waals surface area contributed by atoms with Crippen LogP contribution in [0.25, 0.3) is 5.82 Å². The largest absolute Gasteiger partial charge is 0.355 e. The Morgan fingerprint density at radius 3 is 2.41 bits per heavy atom. The predicted molar refractivity (Wildman–Crippen MR) is 123 cm³/mol. The maximum Gasteiger partial charge on any atom is 0.252 e. The van der Waals surface area contributed by atoms with Crippen LogP contribution in [0.1, 0.15) is 39.5 Å². The van der Waals surface area contributed by atoms with E-state index >= 15 is 0 Å². The number of nitrogens with one attached hydrogen (secondary N) is 2. The molecule has 3 aromatic rings. The lowest BCUT2D eigenvalue weighted by Crippen LogP contribution is -2.29. The van der Waals surface area contributed by atoms with E-state index in [1.54, 1.807) is 19.1 Å². The molecule has 0 radical (unpaired) electrons. The number of hydrogen-bond donors (Lipinski definition) is 2. The molecule has 2 N–H and O–H groups in total. The first-order valence-electron chi connectivity index (χ1n) is 9.00. The van der Waals surface area contributed by atoms with Crippen LogP contribution in [0.15, 0.2) is 47.8 Å². The first-order chi connectivity index (χ1) is 14.6. The molecule has 0 saturated heterocycles. The molecule has 0 saturated carbocycles. The minimum Gasteiger partial charge on any atom is -0.355 e. The summed E-state index contributed by atoms with van der Waals surface area (Å²) in [6, 6.07) is 6.51. The molecule has 0 spiro atoms. The standard InChI is InChI=1S/C19H19ClN6O4S.H2S/c1-11(25-19(28)13-6-14(20)8-15(7-13)31(3,29)30)17-23-10-24-26(17)16-5-4-12(9-22-16)18(27)21-2;/h4-11H,1-3H3,(H,21,27)(H,25,28);1H2/t11-;/m1./s1. The van der Waals surface area contributed by atoms with Crippen LogP contribution in [-0.4, -0.2) is 53.3 Å². The summed E-state index contributed by atoms with van der Waals surface area (Å²) >= 11 is 5.98. The van der Waals surface area contributed by atoms with E-state index in [2.05, 4.69) is 25.7 Å². The number of aromatic nitrogens is 4. The van der Waals surface area contributed by atoms with E-state index in [-0.39, 0.29) is 34.9 Å². The van der Waals surface area contributed by atoms with Gasteiger partial charge in [-0.15, -0.1) is 0 Å². The van der Waals surface area contributed by atoms with Crippen molar-refractivity contribution in [1.82, 2.24) is 30.4 Å². The first kappa shape index (κ1) is 25.3. The van der Waals surface area contributed by atoms with Crippen molar-refractivity contribution in [3.63, 3.8) is 0 Å². The van der Waals surface area contributed by atoms with E-state index < -0.39 is 21.8 Å². The molecule has 170 valence electrons. The van der Waals surface area contributed by atoms with Crippen molar-refractivity contribution < 1.29 is 18.0 Å². The van der Waals surface area contributed by atoms with Crippen LogP contribution < -0.4 is 10.6 Å². The molecule has 1 aromatic carbocycles. The van der Waals surface area contributed by atoms with E-state index in [0.29, 0.717) is 17.2 Å². The first-order valence-corrected chi connectivity index (χ1v) is 11.3. The van der Waals surface area contributed by atoms with Gasteiger partial charge in [0.2, 0.25) is 0 Å². The molecule has 3 rings (SSSR count). The third-order valence-electron chi connectivity index (χ3n) is 4.32. The van der Waals surface area contributed by atoms with Crippen LogP contribution in [0.2, 0.25) is 5.02 Å². The Kier molecular flexibility index (Phi) is 7.99. The Morgan fingerprint density at radius 1 is 1.09 bits per heavy atom. The Bertz CT molecular complexity index is 1240.